The van der Waals surface area contributed by atoms with Gasteiger partial charge in [0.15, 0.2) is 0 Å². The predicted octanol–water partition coefficient (Wildman–Crippen LogP) is 6.13. The first-order valence-electron chi connectivity index (χ1n) is 15.3. The maximum absolute atomic E-state index is 13.7. The Morgan fingerprint density at radius 2 is 1.38 bits per heavy atom. The van der Waals surface area contributed by atoms with Crippen LogP contribution in [0.4, 0.5) is 0 Å². The van der Waals surface area contributed by atoms with E-state index < -0.39 is 29.4 Å². The van der Waals surface area contributed by atoms with Gasteiger partial charge in [-0.1, -0.05) is 123 Å². The van der Waals surface area contributed by atoms with Gasteiger partial charge in [-0.15, -0.1) is 0 Å². The van der Waals surface area contributed by atoms with Crippen LogP contribution in [0.15, 0.2) is 91.0 Å². The molecule has 3 rings (SSSR count). The van der Waals surface area contributed by atoms with Gasteiger partial charge in [0.1, 0.15) is 6.04 Å². The summed E-state index contributed by atoms with van der Waals surface area (Å²) in [5.74, 6) is -2.00. The van der Waals surface area contributed by atoms with Crippen LogP contribution in [0.25, 0.3) is 12.2 Å². The Bertz CT molecular complexity index is 1330. The number of hydrogen-bond donors (Lipinski definition) is 2. The van der Waals surface area contributed by atoms with Gasteiger partial charge in [0.05, 0.1) is 12.0 Å². The van der Waals surface area contributed by atoms with E-state index in [2.05, 4.69) is 5.32 Å². The van der Waals surface area contributed by atoms with Crippen molar-refractivity contribution in [2.45, 2.75) is 65.1 Å². The van der Waals surface area contributed by atoms with Gasteiger partial charge < -0.3 is 10.4 Å². The zero-order chi connectivity index (χ0) is 33.2. The number of imide groups is 1. The highest BCUT2D eigenvalue weighted by atomic mass is 16.4. The molecule has 3 aromatic rings. The van der Waals surface area contributed by atoms with E-state index in [1.165, 1.54) is 0 Å². The molecule has 2 atom stereocenters. The summed E-state index contributed by atoms with van der Waals surface area (Å²) in [6.07, 6.45) is 5.31. The quantitative estimate of drug-likeness (QED) is 0.158. The van der Waals surface area contributed by atoms with Crippen LogP contribution in [0.3, 0.4) is 0 Å². The number of nitrogens with one attached hydrogen (secondary N) is 1. The maximum Gasteiger partial charge on any atom is 0.305 e. The van der Waals surface area contributed by atoms with Crippen molar-refractivity contribution in [1.29, 1.82) is 0 Å². The summed E-state index contributed by atoms with van der Waals surface area (Å²) < 4.78 is 0. The summed E-state index contributed by atoms with van der Waals surface area (Å²) in [6, 6.07) is 29.0. The van der Waals surface area contributed by atoms with Crippen LogP contribution in [0.1, 0.15) is 63.6 Å². The molecule has 2 unspecified atom stereocenters. The second-order valence-corrected chi connectivity index (χ2v) is 11.6. The molecule has 45 heavy (non-hydrogen) atoms. The molecule has 240 valence electrons. The van der Waals surface area contributed by atoms with Gasteiger partial charge in [-0.05, 0) is 49.9 Å². The third-order valence-electron chi connectivity index (χ3n) is 7.76. The van der Waals surface area contributed by atoms with Crippen molar-refractivity contribution in [2.75, 3.05) is 13.6 Å². The predicted molar refractivity (Wildman–Crippen MR) is 180 cm³/mol. The minimum atomic E-state index is -1.10. The molecule has 0 aliphatic heterocycles. The standard InChI is InChI=1S/C31H41N3O5.C6H6/c1-6-23(2)20-27(29(38)32-19-18-28(36)37)34(22-35)30(39)31(3,4)33(5)21-26-16-14-25(15-17-26)13-12-24-10-8-7-9-11-24;1-2-4-6-5-3-1/h7-17,22-23,27H,6,18-21H2,1-5H3,(H,32,38)(H,36,37);1-6H/b13-12+;. The molecular weight excluding hydrogens is 566 g/mol. The van der Waals surface area contributed by atoms with Gasteiger partial charge in [-0.25, -0.2) is 0 Å². The number of carbonyl (C=O) groups is 4. The minimum Gasteiger partial charge on any atom is -0.481 e. The van der Waals surface area contributed by atoms with Crippen molar-refractivity contribution in [1.82, 2.24) is 15.1 Å². The Hall–Kier alpha value is -4.56. The van der Waals surface area contributed by atoms with E-state index in [0.29, 0.717) is 13.0 Å². The van der Waals surface area contributed by atoms with E-state index in [0.717, 1.165) is 28.0 Å². The first-order chi connectivity index (χ1) is 21.5. The average molecular weight is 614 g/mol. The molecule has 0 radical (unpaired) electrons. The number of amides is 3. The summed E-state index contributed by atoms with van der Waals surface area (Å²) in [5, 5.41) is 11.5. The molecule has 0 aromatic heterocycles. The van der Waals surface area contributed by atoms with E-state index in [-0.39, 0.29) is 25.3 Å². The van der Waals surface area contributed by atoms with Gasteiger partial charge in [0.2, 0.25) is 18.2 Å². The molecule has 3 aromatic carbocycles. The van der Waals surface area contributed by atoms with Crippen LogP contribution < -0.4 is 5.32 Å². The van der Waals surface area contributed by atoms with Crippen LogP contribution in [-0.2, 0) is 25.7 Å². The van der Waals surface area contributed by atoms with Crippen LogP contribution in [0.2, 0.25) is 0 Å². The minimum absolute atomic E-state index is 0.0748. The normalized spacial score (nSPS) is 12.5. The Morgan fingerprint density at radius 3 is 1.87 bits per heavy atom. The number of carboxylic acids is 1. The zero-order valence-corrected chi connectivity index (χ0v) is 27.1. The molecule has 0 heterocycles. The number of hydrogen-bond acceptors (Lipinski definition) is 5. The Balaban J connectivity index is 0.00000105. The number of benzene rings is 3. The molecule has 0 aliphatic rings. The van der Waals surface area contributed by atoms with Crippen molar-refractivity contribution in [3.05, 3.63) is 108 Å². The number of aliphatic carboxylic acids is 1. The lowest BCUT2D eigenvalue weighted by molar-refractivity contribution is -0.154. The average Bonchev–Trinajstić information content (AvgIpc) is 3.05. The zero-order valence-electron chi connectivity index (χ0n) is 27.1. The molecule has 0 aliphatic carbocycles. The summed E-state index contributed by atoms with van der Waals surface area (Å²) in [7, 11) is 1.81. The van der Waals surface area contributed by atoms with Crippen LogP contribution in [-0.4, -0.2) is 64.3 Å². The third kappa shape index (κ3) is 12.5. The molecule has 0 spiro atoms. The highest BCUT2D eigenvalue weighted by Gasteiger charge is 2.41. The van der Waals surface area contributed by atoms with Crippen LogP contribution in [0.5, 0.6) is 0 Å². The van der Waals surface area contributed by atoms with Gasteiger partial charge in [0, 0.05) is 13.1 Å². The lowest BCUT2D eigenvalue weighted by Crippen LogP contribution is -2.59. The highest BCUT2D eigenvalue weighted by Crippen LogP contribution is 2.23. The van der Waals surface area contributed by atoms with E-state index in [4.69, 9.17) is 5.11 Å². The fraction of sp³-hybridized carbons (Fsp3) is 0.351. The molecule has 0 bridgehead atoms. The first kappa shape index (κ1) is 36.6. The highest BCUT2D eigenvalue weighted by molar-refractivity contribution is 5.98. The van der Waals surface area contributed by atoms with Gasteiger partial charge in [-0.2, -0.15) is 0 Å². The first-order valence-corrected chi connectivity index (χ1v) is 15.3. The van der Waals surface area contributed by atoms with Crippen molar-refractivity contribution < 1.29 is 24.3 Å². The number of rotatable bonds is 15. The van der Waals surface area contributed by atoms with E-state index >= 15 is 0 Å². The third-order valence-corrected chi connectivity index (χ3v) is 7.76. The van der Waals surface area contributed by atoms with Crippen molar-refractivity contribution in [2.24, 2.45) is 5.92 Å². The molecular formula is C37H47N3O5. The Labute approximate surface area is 267 Å². The smallest absolute Gasteiger partial charge is 0.305 e. The maximum atomic E-state index is 13.7. The number of carboxylic acid groups (broad SMARTS) is 1. The molecule has 2 N–H and O–H groups in total. The molecule has 0 saturated heterocycles. The lowest BCUT2D eigenvalue weighted by Gasteiger charge is -2.39. The topological polar surface area (TPSA) is 107 Å². The summed E-state index contributed by atoms with van der Waals surface area (Å²) in [4.78, 5) is 52.5. The lowest BCUT2D eigenvalue weighted by atomic mass is 9.94. The summed E-state index contributed by atoms with van der Waals surface area (Å²) in [5.41, 5.74) is 2.07. The fourth-order valence-corrected chi connectivity index (χ4v) is 4.39. The molecule has 0 fully saturated rings. The monoisotopic (exact) mass is 613 g/mol. The molecule has 3 amide bonds. The fourth-order valence-electron chi connectivity index (χ4n) is 4.39. The van der Waals surface area contributed by atoms with E-state index in [9.17, 15) is 19.2 Å². The van der Waals surface area contributed by atoms with Crippen molar-refractivity contribution >= 4 is 36.3 Å². The van der Waals surface area contributed by atoms with E-state index in [1.807, 2.05) is 122 Å². The second-order valence-electron chi connectivity index (χ2n) is 11.6. The number of carbonyl (C=O) groups excluding carboxylic acids is 3. The SMILES string of the molecule is CCC(C)CC(C(=O)NCCC(=O)O)N(C=O)C(=O)C(C)(C)N(C)Cc1ccc(/C=C/c2ccccc2)cc1.c1ccccc1. The van der Waals surface area contributed by atoms with Crippen molar-refractivity contribution in [3.63, 3.8) is 0 Å². The summed E-state index contributed by atoms with van der Waals surface area (Å²) in [6.45, 7) is 7.75. The number of nitrogens with zero attached hydrogens (tertiary/aromatic N) is 2. The van der Waals surface area contributed by atoms with Crippen molar-refractivity contribution in [3.8, 4) is 0 Å². The second kappa shape index (κ2) is 19.0. The van der Waals surface area contributed by atoms with Gasteiger partial charge >= 0.3 is 5.97 Å². The molecule has 8 nitrogen and oxygen atoms in total. The largest absolute Gasteiger partial charge is 0.481 e. The Morgan fingerprint density at radius 1 is 0.867 bits per heavy atom. The number of likely N-dealkylation sites (N-methyl/N-ethyl adjacent to an activating group) is 1. The van der Waals surface area contributed by atoms with Gasteiger partial charge in [-0.3, -0.25) is 29.0 Å². The molecule has 0 saturated carbocycles. The van der Waals surface area contributed by atoms with Crippen LogP contribution >= 0.6 is 0 Å². The summed E-state index contributed by atoms with van der Waals surface area (Å²) >= 11 is 0. The Kier molecular flexibility index (Phi) is 15.4. The van der Waals surface area contributed by atoms with E-state index in [1.54, 1.807) is 20.9 Å². The van der Waals surface area contributed by atoms with Crippen LogP contribution in [0, 0.1) is 5.92 Å². The molecule has 8 heteroatoms. The van der Waals surface area contributed by atoms with Gasteiger partial charge in [0.25, 0.3) is 0 Å².